The first-order valence-corrected chi connectivity index (χ1v) is 10.2. The van der Waals surface area contributed by atoms with Crippen LogP contribution in [0.1, 0.15) is 51.9 Å². The first-order valence-electron chi connectivity index (χ1n) is 10.2. The number of hydrogen-bond acceptors (Lipinski definition) is 4. The number of nitrogens with zero attached hydrogens (tertiary/aromatic N) is 2. The second-order valence-electron chi connectivity index (χ2n) is 8.66. The minimum absolute atomic E-state index is 0.0861. The molecule has 0 spiro atoms. The quantitative estimate of drug-likeness (QED) is 0.729. The molecule has 1 N–H and O–H groups in total. The summed E-state index contributed by atoms with van der Waals surface area (Å²) >= 11 is 0. The van der Waals surface area contributed by atoms with Gasteiger partial charge in [0.15, 0.2) is 0 Å². The maximum Gasteiger partial charge on any atom is 0.249 e. The summed E-state index contributed by atoms with van der Waals surface area (Å²) in [6, 6.07) is -0.444. The molecule has 5 atom stereocenters. The summed E-state index contributed by atoms with van der Waals surface area (Å²) in [5.41, 5.74) is 0. The lowest BCUT2D eigenvalue weighted by Gasteiger charge is -2.35. The fraction of sp³-hybridized carbons (Fsp3) is 0.850. The Hall–Kier alpha value is -1.43. The number of hydrogen-bond donors (Lipinski definition) is 1. The summed E-state index contributed by atoms with van der Waals surface area (Å²) in [4.78, 5) is 40.5. The topological polar surface area (TPSA) is 69.7 Å². The number of fused-ring (bicyclic) bond motifs is 1. The lowest BCUT2D eigenvalue weighted by molar-refractivity contribution is -0.144. The van der Waals surface area contributed by atoms with Crippen molar-refractivity contribution < 1.29 is 14.4 Å². The van der Waals surface area contributed by atoms with Gasteiger partial charge < -0.3 is 9.80 Å². The molecular formula is C20H33N3O3. The number of nitrogens with one attached hydrogen (secondary N) is 1. The smallest absolute Gasteiger partial charge is 0.249 e. The van der Waals surface area contributed by atoms with Crippen LogP contribution in [0.25, 0.3) is 0 Å². The van der Waals surface area contributed by atoms with Gasteiger partial charge in [0.05, 0.1) is 0 Å². The van der Waals surface area contributed by atoms with Gasteiger partial charge in [0, 0.05) is 18.9 Å². The maximum atomic E-state index is 12.9. The molecule has 3 rings (SSSR count). The van der Waals surface area contributed by atoms with Crippen LogP contribution in [-0.2, 0) is 14.4 Å². The van der Waals surface area contributed by atoms with Gasteiger partial charge in [0.1, 0.15) is 6.04 Å². The highest BCUT2D eigenvalue weighted by Gasteiger charge is 2.48. The molecule has 0 aromatic carbocycles. The molecule has 146 valence electrons. The van der Waals surface area contributed by atoms with E-state index in [0.29, 0.717) is 31.2 Å². The molecule has 3 amide bonds. The van der Waals surface area contributed by atoms with Crippen LogP contribution in [0.5, 0.6) is 0 Å². The van der Waals surface area contributed by atoms with Gasteiger partial charge in [0.2, 0.25) is 17.7 Å². The third kappa shape index (κ3) is 3.95. The highest BCUT2D eigenvalue weighted by molar-refractivity contribution is 6.02. The van der Waals surface area contributed by atoms with Gasteiger partial charge in [-0.15, -0.1) is 0 Å². The Morgan fingerprint density at radius 1 is 1.19 bits per heavy atom. The fourth-order valence-corrected chi connectivity index (χ4v) is 5.27. The van der Waals surface area contributed by atoms with Crippen molar-refractivity contribution in [1.82, 2.24) is 15.1 Å². The molecule has 2 aliphatic heterocycles. The van der Waals surface area contributed by atoms with E-state index in [4.69, 9.17) is 0 Å². The molecule has 3 fully saturated rings. The molecule has 0 bridgehead atoms. The number of amides is 3. The van der Waals surface area contributed by atoms with Gasteiger partial charge in [-0.25, -0.2) is 0 Å². The van der Waals surface area contributed by atoms with Crippen molar-refractivity contribution >= 4 is 17.7 Å². The molecule has 6 nitrogen and oxygen atoms in total. The molecular weight excluding hydrogens is 330 g/mol. The number of likely N-dealkylation sites (tertiary alicyclic amines) is 1. The van der Waals surface area contributed by atoms with Crippen molar-refractivity contribution in [3.05, 3.63) is 0 Å². The van der Waals surface area contributed by atoms with Crippen LogP contribution in [-0.4, -0.2) is 60.7 Å². The molecule has 6 heteroatoms. The van der Waals surface area contributed by atoms with E-state index in [1.54, 1.807) is 4.90 Å². The highest BCUT2D eigenvalue weighted by Crippen LogP contribution is 2.44. The monoisotopic (exact) mass is 363 g/mol. The summed E-state index contributed by atoms with van der Waals surface area (Å²) in [6.07, 6.45) is 6.40. The van der Waals surface area contributed by atoms with Crippen LogP contribution < -0.4 is 5.32 Å². The maximum absolute atomic E-state index is 12.9. The van der Waals surface area contributed by atoms with Gasteiger partial charge >= 0.3 is 0 Å². The third-order valence-corrected chi connectivity index (χ3v) is 6.78. The molecule has 1 aliphatic carbocycles. The Morgan fingerprint density at radius 3 is 2.62 bits per heavy atom. The van der Waals surface area contributed by atoms with Crippen molar-refractivity contribution in [2.45, 2.75) is 57.9 Å². The average molecular weight is 364 g/mol. The molecule has 3 aliphatic rings. The Labute approximate surface area is 156 Å². The van der Waals surface area contributed by atoms with Gasteiger partial charge in [0.25, 0.3) is 0 Å². The molecule has 5 unspecified atom stereocenters. The van der Waals surface area contributed by atoms with Gasteiger partial charge in [-0.1, -0.05) is 13.3 Å². The van der Waals surface area contributed by atoms with Crippen LogP contribution in [0.2, 0.25) is 0 Å². The minimum atomic E-state index is -0.444. The molecule has 1 saturated carbocycles. The molecule has 0 radical (unpaired) electrons. The summed E-state index contributed by atoms with van der Waals surface area (Å²) < 4.78 is 0. The lowest BCUT2D eigenvalue weighted by Crippen LogP contribution is -2.53. The van der Waals surface area contributed by atoms with E-state index >= 15 is 0 Å². The van der Waals surface area contributed by atoms with Crippen LogP contribution >= 0.6 is 0 Å². The lowest BCUT2D eigenvalue weighted by atomic mass is 9.69. The second-order valence-corrected chi connectivity index (χ2v) is 8.66. The molecule has 0 aromatic rings. The van der Waals surface area contributed by atoms with Crippen molar-refractivity contribution in [2.75, 3.05) is 27.2 Å². The van der Waals surface area contributed by atoms with E-state index in [-0.39, 0.29) is 23.6 Å². The van der Waals surface area contributed by atoms with Crippen LogP contribution in [0, 0.1) is 23.7 Å². The molecule has 2 saturated heterocycles. The van der Waals surface area contributed by atoms with Crippen molar-refractivity contribution in [3.8, 4) is 0 Å². The van der Waals surface area contributed by atoms with E-state index in [2.05, 4.69) is 31.2 Å². The SMILES string of the molecule is CCC(CCN(C)C)C1CCC2C(=O)N(C3CCC(=O)NC3=O)CC2C1. The largest absolute Gasteiger partial charge is 0.330 e. The predicted molar refractivity (Wildman–Crippen MR) is 99.2 cm³/mol. The minimum Gasteiger partial charge on any atom is -0.330 e. The first-order chi connectivity index (χ1) is 12.4. The highest BCUT2D eigenvalue weighted by atomic mass is 16.2. The van der Waals surface area contributed by atoms with Gasteiger partial charge in [-0.2, -0.15) is 0 Å². The summed E-state index contributed by atoms with van der Waals surface area (Å²) in [5.74, 6) is 1.51. The van der Waals surface area contributed by atoms with Gasteiger partial charge in [-0.3, -0.25) is 19.7 Å². The van der Waals surface area contributed by atoms with E-state index < -0.39 is 6.04 Å². The Balaban J connectivity index is 1.62. The number of piperidine rings is 1. The predicted octanol–water partition coefficient (Wildman–Crippen LogP) is 1.64. The zero-order valence-corrected chi connectivity index (χ0v) is 16.4. The molecule has 0 aromatic heterocycles. The normalized spacial score (nSPS) is 33.4. The Bertz CT molecular complexity index is 563. The molecule has 26 heavy (non-hydrogen) atoms. The summed E-state index contributed by atoms with van der Waals surface area (Å²) in [6.45, 7) is 4.09. The van der Waals surface area contributed by atoms with Crippen LogP contribution in [0.3, 0.4) is 0 Å². The number of imide groups is 1. The summed E-state index contributed by atoms with van der Waals surface area (Å²) in [5, 5.41) is 2.40. The van der Waals surface area contributed by atoms with E-state index in [1.165, 1.54) is 12.8 Å². The Morgan fingerprint density at radius 2 is 1.96 bits per heavy atom. The summed E-state index contributed by atoms with van der Waals surface area (Å²) in [7, 11) is 4.24. The standard InChI is InChI=1S/C20H33N3O3/c1-4-13(9-10-22(2)3)14-5-6-16-15(11-14)12-23(20(16)26)17-7-8-18(24)21-19(17)25/h13-17H,4-12H2,1-3H3,(H,21,24,25). The van der Waals surface area contributed by atoms with Crippen LogP contribution in [0.15, 0.2) is 0 Å². The molecule has 2 heterocycles. The van der Waals surface area contributed by atoms with Gasteiger partial charge in [-0.05, 0) is 70.5 Å². The average Bonchev–Trinajstić information content (AvgIpc) is 2.91. The fourth-order valence-electron chi connectivity index (χ4n) is 5.27. The zero-order chi connectivity index (χ0) is 18.8. The van der Waals surface area contributed by atoms with E-state index in [0.717, 1.165) is 31.7 Å². The van der Waals surface area contributed by atoms with Crippen molar-refractivity contribution in [3.63, 3.8) is 0 Å². The number of carbonyl (C=O) groups excluding carboxylic acids is 3. The van der Waals surface area contributed by atoms with E-state index in [1.807, 2.05) is 0 Å². The van der Waals surface area contributed by atoms with Crippen LogP contribution in [0.4, 0.5) is 0 Å². The van der Waals surface area contributed by atoms with Crippen molar-refractivity contribution in [1.29, 1.82) is 0 Å². The Kier molecular flexibility index (Phi) is 6.00. The second kappa shape index (κ2) is 8.07. The third-order valence-electron chi connectivity index (χ3n) is 6.78. The van der Waals surface area contributed by atoms with Crippen molar-refractivity contribution in [2.24, 2.45) is 23.7 Å². The zero-order valence-electron chi connectivity index (χ0n) is 16.4. The first kappa shape index (κ1) is 19.3. The number of rotatable bonds is 6. The number of carbonyl (C=O) groups is 3. The van der Waals surface area contributed by atoms with E-state index in [9.17, 15) is 14.4 Å².